The van der Waals surface area contributed by atoms with E-state index in [4.69, 9.17) is 21.6 Å². The van der Waals surface area contributed by atoms with Gasteiger partial charge in [-0.3, -0.25) is 11.8 Å². The molecule has 0 aliphatic rings. The molecule has 1 atom stereocenters. The molecule has 3 aromatic rings. The van der Waals surface area contributed by atoms with Crippen molar-refractivity contribution in [1.82, 2.24) is 9.97 Å². The summed E-state index contributed by atoms with van der Waals surface area (Å²) in [5, 5.41) is 9.10. The number of halogens is 1. The van der Waals surface area contributed by atoms with E-state index in [-0.39, 0.29) is 40.3 Å². The maximum atomic E-state index is 11.0. The monoisotopic (exact) mass is 485 g/mol. The summed E-state index contributed by atoms with van der Waals surface area (Å²) >= 11 is 4.90. The molecule has 2 aromatic carbocycles. The van der Waals surface area contributed by atoms with E-state index in [1.54, 1.807) is 18.3 Å². The number of aromatic hydroxyl groups is 1. The molecule has 3 rings (SSSR count). The second kappa shape index (κ2) is 13.8. The van der Waals surface area contributed by atoms with Crippen molar-refractivity contribution < 1.29 is 47.8 Å². The van der Waals surface area contributed by atoms with E-state index < -0.39 is 10.0 Å². The minimum Gasteiger partial charge on any atom is -0.493 e. The molecule has 166 valence electrons. The first-order valence-electron chi connectivity index (χ1n) is 9.64. The van der Waals surface area contributed by atoms with Crippen molar-refractivity contribution in [2.24, 2.45) is 5.92 Å². The van der Waals surface area contributed by atoms with Gasteiger partial charge in [0.05, 0.1) is 24.7 Å². The van der Waals surface area contributed by atoms with Gasteiger partial charge in [0.25, 0.3) is 0 Å². The fraction of sp³-hybridized carbons (Fsp3) is 0.273. The minimum atomic E-state index is -3.62. The van der Waals surface area contributed by atoms with Crippen molar-refractivity contribution in [3.05, 3.63) is 70.7 Å². The van der Waals surface area contributed by atoms with Crippen LogP contribution < -0.4 is 34.3 Å². The predicted octanol–water partition coefficient (Wildman–Crippen LogP) is 2.49. The van der Waals surface area contributed by atoms with Crippen molar-refractivity contribution in [2.45, 2.75) is 32.1 Å². The number of hydrogen-bond donors (Lipinski definition) is 1. The molecule has 0 radical (unpaired) electrons. The Morgan fingerprint density at radius 1 is 1.06 bits per heavy atom. The van der Waals surface area contributed by atoms with E-state index in [0.29, 0.717) is 5.92 Å². The van der Waals surface area contributed by atoms with Gasteiger partial charge in [-0.1, -0.05) is 38.0 Å². The second-order valence-corrected chi connectivity index (χ2v) is 8.94. The summed E-state index contributed by atoms with van der Waals surface area (Å²) in [5.74, 6) is 1.34. The summed E-state index contributed by atoms with van der Waals surface area (Å²) in [4.78, 5) is 8.04. The van der Waals surface area contributed by atoms with Crippen molar-refractivity contribution in [3.8, 4) is 22.9 Å². The third-order valence-corrected chi connectivity index (χ3v) is 6.02. The summed E-state index contributed by atoms with van der Waals surface area (Å²) in [6.45, 7) is 6.92. The fourth-order valence-electron chi connectivity index (χ4n) is 2.30. The third kappa shape index (κ3) is 9.05. The molecule has 1 unspecified atom stereocenters. The average Bonchev–Trinajstić information content (AvgIpc) is 2.79. The molecule has 32 heavy (non-hydrogen) atoms. The van der Waals surface area contributed by atoms with Crippen molar-refractivity contribution >= 4 is 21.8 Å². The minimum absolute atomic E-state index is 0. The van der Waals surface area contributed by atoms with Gasteiger partial charge in [0.15, 0.2) is 0 Å². The van der Waals surface area contributed by atoms with E-state index in [1.165, 1.54) is 18.3 Å². The maximum absolute atomic E-state index is 11.0. The molecule has 0 bridgehead atoms. The molecule has 0 saturated heterocycles. The molecule has 0 amide bonds. The smallest absolute Gasteiger partial charge is 0.493 e. The van der Waals surface area contributed by atoms with Crippen LogP contribution in [0.5, 0.6) is 11.6 Å². The van der Waals surface area contributed by atoms with Crippen molar-refractivity contribution in [2.75, 3.05) is 6.61 Å². The normalized spacial score (nSPS) is 11.5. The van der Waals surface area contributed by atoms with Crippen LogP contribution in [0.15, 0.2) is 65.8 Å². The number of nitrogens with zero attached hydrogens (tertiary/aromatic N) is 3. The largest absolute Gasteiger partial charge is 1.00 e. The van der Waals surface area contributed by atoms with E-state index in [9.17, 15) is 8.42 Å². The summed E-state index contributed by atoms with van der Waals surface area (Å²) in [5.41, 5.74) is 2.66. The molecule has 10 heteroatoms. The number of benzene rings is 2. The number of rotatable bonds is 7. The summed E-state index contributed by atoms with van der Waals surface area (Å²) in [6, 6.07) is 14.0. The Balaban J connectivity index is 0.000000342. The number of aryl methyl sites for hydroxylation is 1. The number of ether oxygens (including phenoxy) is 1. The van der Waals surface area contributed by atoms with Crippen LogP contribution in [0, 0.1) is 12.8 Å². The molecule has 0 fully saturated rings. The Morgan fingerprint density at radius 3 is 2.19 bits per heavy atom. The third-order valence-electron chi connectivity index (χ3n) is 4.43. The number of hydrogen-bond acceptors (Lipinski definition) is 6. The van der Waals surface area contributed by atoms with E-state index in [1.807, 2.05) is 31.2 Å². The zero-order chi connectivity index (χ0) is 22.9. The molecule has 7 nitrogen and oxygen atoms in total. The Labute approximate surface area is 216 Å². The van der Waals surface area contributed by atoms with Gasteiger partial charge in [0, 0.05) is 10.5 Å². The summed E-state index contributed by atoms with van der Waals surface area (Å²) < 4.78 is 30.5. The van der Waals surface area contributed by atoms with Gasteiger partial charge in [-0.05, 0) is 49.2 Å². The van der Waals surface area contributed by atoms with Gasteiger partial charge in [0.2, 0.25) is 5.88 Å². The Kier molecular flexibility index (Phi) is 12.2. The first kappa shape index (κ1) is 28.4. The van der Waals surface area contributed by atoms with E-state index in [2.05, 4.69) is 28.1 Å². The van der Waals surface area contributed by atoms with Gasteiger partial charge in [0.1, 0.15) is 15.8 Å². The molecule has 1 aromatic heterocycles. The van der Waals surface area contributed by atoms with Gasteiger partial charge < -0.3 is 14.1 Å². The van der Waals surface area contributed by atoms with Crippen LogP contribution in [-0.4, -0.2) is 30.1 Å². The van der Waals surface area contributed by atoms with Gasteiger partial charge >= 0.3 is 29.6 Å². The van der Waals surface area contributed by atoms with Crippen LogP contribution in [-0.2, 0) is 10.0 Å². The molecule has 1 heterocycles. The zero-order valence-corrected chi connectivity index (χ0v) is 22.1. The van der Waals surface area contributed by atoms with Crippen LogP contribution in [0.1, 0.15) is 25.8 Å². The van der Waals surface area contributed by atoms with E-state index in [0.717, 1.165) is 35.6 Å². The average molecular weight is 486 g/mol. The fourth-order valence-corrected chi connectivity index (χ4v) is 3.10. The summed E-state index contributed by atoms with van der Waals surface area (Å²) in [6.07, 6.45) is 3.99. The van der Waals surface area contributed by atoms with Crippen molar-refractivity contribution in [3.63, 3.8) is 0 Å². The number of sulfonamides is 1. The van der Waals surface area contributed by atoms with Crippen LogP contribution in [0.25, 0.3) is 15.5 Å². The standard InChI is InChI=1S/C15H18N2O2.C7H7ClNO2S.Na/c1-3-11(2)10-19-13-6-4-12(5-7-13)14-8-17-15(18)9-16-14;1-6-2-4-7(5-3-6)12(10,11)9-8;/h4-9,11H,3,10H2,1-2H3,(H,17,18);2-5H,1H3;/q;-1;+1. The molecule has 0 saturated carbocycles. The molecule has 0 aliphatic heterocycles. The van der Waals surface area contributed by atoms with Crippen LogP contribution in [0.3, 0.4) is 0 Å². The van der Waals surface area contributed by atoms with Crippen LogP contribution in [0.4, 0.5) is 0 Å². The molecular weight excluding hydrogens is 461 g/mol. The number of aromatic nitrogens is 2. The molecule has 1 N–H and O–H groups in total. The predicted molar refractivity (Wildman–Crippen MR) is 122 cm³/mol. The van der Waals surface area contributed by atoms with Crippen LogP contribution in [0.2, 0.25) is 0 Å². The topological polar surface area (TPSA) is 103 Å². The van der Waals surface area contributed by atoms with Crippen molar-refractivity contribution in [1.29, 1.82) is 0 Å². The quantitative estimate of drug-likeness (QED) is 0.516. The van der Waals surface area contributed by atoms with E-state index >= 15 is 0 Å². The molecule has 0 spiro atoms. The maximum Gasteiger partial charge on any atom is 1.00 e. The molecular formula is C22H25ClN3NaO4S. The Morgan fingerprint density at radius 2 is 1.69 bits per heavy atom. The first-order chi connectivity index (χ1) is 14.7. The van der Waals surface area contributed by atoms with Gasteiger partial charge in [-0.25, -0.2) is 18.4 Å². The Bertz CT molecular complexity index is 1050. The first-order valence-corrected chi connectivity index (χ1v) is 11.4. The molecule has 0 aliphatic carbocycles. The van der Waals surface area contributed by atoms with Gasteiger partial charge in [-0.2, -0.15) is 0 Å². The second-order valence-electron chi connectivity index (χ2n) is 6.97. The Hall–Kier alpha value is -1.68. The van der Waals surface area contributed by atoms with Gasteiger partial charge in [-0.15, -0.1) is 0 Å². The van der Waals surface area contributed by atoms with Crippen LogP contribution >= 0.6 is 11.8 Å². The SMILES string of the molecule is CCC(C)COc1ccc(-c2cnc(O)cn2)cc1.Cc1ccc(S(=O)(=O)[N-]Cl)cc1.[Na+]. The zero-order valence-electron chi connectivity index (χ0n) is 18.6. The summed E-state index contributed by atoms with van der Waals surface area (Å²) in [7, 11) is -3.62.